The van der Waals surface area contributed by atoms with Crippen molar-refractivity contribution in [3.05, 3.63) is 29.8 Å². The number of benzene rings is 1. The number of hydrogen-bond donors (Lipinski definition) is 1. The second-order valence-electron chi connectivity index (χ2n) is 3.64. The molecular weight excluding hydrogens is 222 g/mol. The van der Waals surface area contributed by atoms with Gasteiger partial charge < -0.3 is 10.1 Å². The molecule has 1 atom stereocenters. The van der Waals surface area contributed by atoms with E-state index in [0.717, 1.165) is 11.3 Å². The fourth-order valence-electron chi connectivity index (χ4n) is 1.86. The van der Waals surface area contributed by atoms with E-state index in [1.54, 1.807) is 0 Å². The number of anilines is 1. The van der Waals surface area contributed by atoms with E-state index >= 15 is 0 Å². The van der Waals surface area contributed by atoms with Crippen molar-refractivity contribution in [1.29, 1.82) is 0 Å². The predicted octanol–water partition coefficient (Wildman–Crippen LogP) is 2.48. The zero-order valence-electron chi connectivity index (χ0n) is 9.03. The highest BCUT2D eigenvalue weighted by molar-refractivity contribution is 7.80. The molecule has 0 saturated heterocycles. The molecule has 1 heterocycles. The van der Waals surface area contributed by atoms with Crippen molar-refractivity contribution in [3.8, 4) is 0 Å². The van der Waals surface area contributed by atoms with Crippen molar-refractivity contribution in [2.75, 3.05) is 11.9 Å². The second kappa shape index (κ2) is 4.61. The largest absolute Gasteiger partial charge is 0.466 e. The predicted molar refractivity (Wildman–Crippen MR) is 66.7 cm³/mol. The molecule has 1 N–H and O–H groups in total. The Morgan fingerprint density at radius 3 is 3.06 bits per heavy atom. The number of carbonyl (C=O) groups is 1. The Labute approximate surface area is 99.8 Å². The van der Waals surface area contributed by atoms with Gasteiger partial charge in [-0.2, -0.15) is 0 Å². The third-order valence-corrected chi connectivity index (χ3v) is 2.84. The Morgan fingerprint density at radius 2 is 2.31 bits per heavy atom. The summed E-state index contributed by atoms with van der Waals surface area (Å²) in [5.41, 5.74) is 1.88. The smallest absolute Gasteiger partial charge is 0.313 e. The third-order valence-electron chi connectivity index (χ3n) is 2.57. The highest BCUT2D eigenvalue weighted by Gasteiger charge is 2.29. The number of para-hydroxylation sites is 1. The molecule has 0 saturated carbocycles. The normalized spacial score (nSPS) is 18.6. The molecule has 1 aliphatic heterocycles. The van der Waals surface area contributed by atoms with Gasteiger partial charge in [0.15, 0.2) is 0 Å². The summed E-state index contributed by atoms with van der Waals surface area (Å²) in [5.74, 6) is -0.455. The minimum atomic E-state index is -0.259. The van der Waals surface area contributed by atoms with Crippen molar-refractivity contribution in [2.45, 2.75) is 19.3 Å². The molecule has 0 amide bonds. The van der Waals surface area contributed by atoms with Crippen molar-refractivity contribution in [3.63, 3.8) is 0 Å². The number of thiocarbonyl (C=S) groups is 1. The Morgan fingerprint density at radius 1 is 1.56 bits per heavy atom. The fraction of sp³-hybridized carbons (Fsp3) is 0.333. The molecule has 0 unspecified atom stereocenters. The van der Waals surface area contributed by atoms with E-state index in [2.05, 4.69) is 5.32 Å². The van der Waals surface area contributed by atoms with Crippen LogP contribution in [0.25, 0.3) is 0 Å². The average molecular weight is 235 g/mol. The topological polar surface area (TPSA) is 38.3 Å². The summed E-state index contributed by atoms with van der Waals surface area (Å²) in [4.78, 5) is 12.5. The summed E-state index contributed by atoms with van der Waals surface area (Å²) < 4.78 is 5.06. The van der Waals surface area contributed by atoms with Gasteiger partial charge in [-0.1, -0.05) is 30.4 Å². The van der Waals surface area contributed by atoms with Crippen molar-refractivity contribution in [1.82, 2.24) is 0 Å². The molecule has 0 fully saturated rings. The van der Waals surface area contributed by atoms with Gasteiger partial charge >= 0.3 is 5.97 Å². The lowest BCUT2D eigenvalue weighted by Crippen LogP contribution is -2.27. The van der Waals surface area contributed by atoms with E-state index in [-0.39, 0.29) is 11.9 Å². The first kappa shape index (κ1) is 11.1. The molecule has 16 heavy (non-hydrogen) atoms. The first-order chi connectivity index (χ1) is 7.72. The van der Waals surface area contributed by atoms with E-state index in [1.807, 2.05) is 31.2 Å². The Bertz CT molecular complexity index is 431. The van der Waals surface area contributed by atoms with Crippen molar-refractivity contribution < 1.29 is 9.53 Å². The molecule has 4 heteroatoms. The van der Waals surface area contributed by atoms with Crippen LogP contribution in [0.3, 0.4) is 0 Å². The zero-order chi connectivity index (χ0) is 11.5. The summed E-state index contributed by atoms with van der Waals surface area (Å²) in [7, 11) is 0. The summed E-state index contributed by atoms with van der Waals surface area (Å²) in [5, 5.41) is 3.11. The molecule has 1 aromatic carbocycles. The van der Waals surface area contributed by atoms with Gasteiger partial charge in [0.25, 0.3) is 0 Å². The van der Waals surface area contributed by atoms with Crippen molar-refractivity contribution in [2.24, 2.45) is 0 Å². The highest BCUT2D eigenvalue weighted by atomic mass is 32.1. The van der Waals surface area contributed by atoms with Gasteiger partial charge in [-0.15, -0.1) is 0 Å². The summed E-state index contributed by atoms with van der Waals surface area (Å²) >= 11 is 5.14. The molecule has 1 aromatic rings. The number of hydrogen-bond acceptors (Lipinski definition) is 3. The molecule has 0 aliphatic carbocycles. The van der Waals surface area contributed by atoms with Crippen LogP contribution in [0.4, 0.5) is 5.69 Å². The third kappa shape index (κ3) is 2.07. The van der Waals surface area contributed by atoms with Gasteiger partial charge in [0, 0.05) is 12.1 Å². The van der Waals surface area contributed by atoms with E-state index in [4.69, 9.17) is 17.0 Å². The van der Waals surface area contributed by atoms with Gasteiger partial charge in [-0.05, 0) is 18.6 Å². The lowest BCUT2D eigenvalue weighted by atomic mass is 9.91. The highest BCUT2D eigenvalue weighted by Crippen LogP contribution is 2.33. The molecular formula is C12H13NO2S. The lowest BCUT2D eigenvalue weighted by Gasteiger charge is -2.25. The van der Waals surface area contributed by atoms with Gasteiger partial charge in [0.1, 0.15) is 0 Å². The first-order valence-electron chi connectivity index (χ1n) is 5.27. The van der Waals surface area contributed by atoms with Crippen LogP contribution in [-0.4, -0.2) is 17.6 Å². The number of nitrogens with one attached hydrogen (secondary N) is 1. The van der Waals surface area contributed by atoms with Crippen LogP contribution in [0, 0.1) is 0 Å². The minimum Gasteiger partial charge on any atom is -0.466 e. The number of carbonyl (C=O) groups excluding carboxylic acids is 1. The van der Waals surface area contributed by atoms with Crippen LogP contribution >= 0.6 is 12.2 Å². The monoisotopic (exact) mass is 235 g/mol. The molecule has 0 aromatic heterocycles. The van der Waals surface area contributed by atoms with Crippen LogP contribution in [0.15, 0.2) is 24.3 Å². The van der Waals surface area contributed by atoms with Crippen LogP contribution < -0.4 is 5.32 Å². The summed E-state index contributed by atoms with van der Waals surface area (Å²) in [6, 6.07) is 7.70. The van der Waals surface area contributed by atoms with Crippen LogP contribution in [0.1, 0.15) is 24.8 Å². The van der Waals surface area contributed by atoms with Crippen LogP contribution in [-0.2, 0) is 9.53 Å². The van der Waals surface area contributed by atoms with E-state index < -0.39 is 0 Å². The summed E-state index contributed by atoms with van der Waals surface area (Å²) in [6.07, 6.45) is 0.533. The van der Waals surface area contributed by atoms with Gasteiger partial charge in [0.05, 0.1) is 17.5 Å². The number of fused-ring (bicyclic) bond motifs is 1. The lowest BCUT2D eigenvalue weighted by molar-refractivity contribution is -0.144. The molecule has 84 valence electrons. The number of rotatable bonds is 2. The maximum absolute atomic E-state index is 11.8. The maximum Gasteiger partial charge on any atom is 0.313 e. The van der Waals surface area contributed by atoms with Gasteiger partial charge in [-0.25, -0.2) is 0 Å². The number of esters is 1. The Hall–Kier alpha value is -1.42. The average Bonchev–Trinajstić information content (AvgIpc) is 2.28. The van der Waals surface area contributed by atoms with Crippen LogP contribution in [0.2, 0.25) is 0 Å². The molecule has 0 radical (unpaired) electrons. The Balaban J connectivity index is 2.33. The molecule has 1 aliphatic rings. The quantitative estimate of drug-likeness (QED) is 0.631. The molecule has 0 bridgehead atoms. The molecule has 2 rings (SSSR count). The SMILES string of the molecule is CCOC(=O)[C@@H]1CC(=S)Nc2ccccc21. The fourth-order valence-corrected chi connectivity index (χ4v) is 2.14. The second-order valence-corrected chi connectivity index (χ2v) is 4.14. The van der Waals surface area contributed by atoms with Crippen molar-refractivity contribution >= 4 is 28.9 Å². The zero-order valence-corrected chi connectivity index (χ0v) is 9.84. The number of ether oxygens (including phenoxy) is 1. The van der Waals surface area contributed by atoms with E-state index in [9.17, 15) is 4.79 Å². The van der Waals surface area contributed by atoms with E-state index in [0.29, 0.717) is 18.0 Å². The molecule has 3 nitrogen and oxygen atoms in total. The van der Waals surface area contributed by atoms with Crippen LogP contribution in [0.5, 0.6) is 0 Å². The minimum absolute atomic E-state index is 0.196. The maximum atomic E-state index is 11.8. The first-order valence-corrected chi connectivity index (χ1v) is 5.68. The van der Waals surface area contributed by atoms with Gasteiger partial charge in [0.2, 0.25) is 0 Å². The Kier molecular flexibility index (Phi) is 3.19. The standard InChI is InChI=1S/C12H13NO2S/c1-2-15-12(14)9-7-11(16)13-10-6-4-3-5-8(9)10/h3-6,9H,2,7H2,1H3,(H,13,16)/t9-/m1/s1. The van der Waals surface area contributed by atoms with Gasteiger partial charge in [-0.3, -0.25) is 4.79 Å². The van der Waals surface area contributed by atoms with E-state index in [1.165, 1.54) is 0 Å². The summed E-state index contributed by atoms with van der Waals surface area (Å²) in [6.45, 7) is 2.21. The molecule has 0 spiro atoms.